The minimum Gasteiger partial charge on any atom is -0.489 e. The van der Waals surface area contributed by atoms with Crippen molar-refractivity contribution in [2.24, 2.45) is 0 Å². The van der Waals surface area contributed by atoms with Gasteiger partial charge in [-0.2, -0.15) is 0 Å². The summed E-state index contributed by atoms with van der Waals surface area (Å²) >= 11 is 0. The second kappa shape index (κ2) is 9.03. The summed E-state index contributed by atoms with van der Waals surface area (Å²) in [5, 5.41) is 5.89. The number of hydrogen-bond acceptors (Lipinski definition) is 3. The predicted octanol–water partition coefficient (Wildman–Crippen LogP) is 3.56. The third kappa shape index (κ3) is 5.35. The van der Waals surface area contributed by atoms with E-state index in [1.165, 1.54) is 6.07 Å². The molecule has 24 heavy (non-hydrogen) atoms. The number of anilines is 1. The number of benzene rings is 2. The maximum atomic E-state index is 13.4. The van der Waals surface area contributed by atoms with Crippen LogP contribution in [0.5, 0.6) is 5.75 Å². The van der Waals surface area contributed by atoms with Crippen LogP contribution in [0.2, 0.25) is 0 Å². The Bertz CT molecular complexity index is 674. The van der Waals surface area contributed by atoms with E-state index in [4.69, 9.17) is 4.74 Å². The van der Waals surface area contributed by atoms with E-state index in [1.54, 1.807) is 18.2 Å². The number of nitrogens with one attached hydrogen (secondary N) is 2. The van der Waals surface area contributed by atoms with E-state index in [-0.39, 0.29) is 30.6 Å². The molecule has 2 aromatic carbocycles. The molecule has 0 bridgehead atoms. The first-order valence-electron chi connectivity index (χ1n) is 8.04. The van der Waals surface area contributed by atoms with Gasteiger partial charge in [-0.1, -0.05) is 44.2 Å². The van der Waals surface area contributed by atoms with Crippen molar-refractivity contribution in [2.45, 2.75) is 19.8 Å². The number of amides is 1. The second-order valence-corrected chi connectivity index (χ2v) is 5.75. The van der Waals surface area contributed by atoms with E-state index in [0.717, 1.165) is 11.3 Å². The number of hydrogen-bond donors (Lipinski definition) is 2. The third-order valence-electron chi connectivity index (χ3n) is 3.52. The highest BCUT2D eigenvalue weighted by molar-refractivity contribution is 5.93. The molecule has 0 saturated heterocycles. The van der Waals surface area contributed by atoms with Crippen LogP contribution >= 0.6 is 0 Å². The first-order chi connectivity index (χ1) is 11.6. The maximum Gasteiger partial charge on any atom is 0.238 e. The first kappa shape index (κ1) is 17.9. The summed E-state index contributed by atoms with van der Waals surface area (Å²) in [4.78, 5) is 12.0. The Morgan fingerprint density at radius 1 is 1.12 bits per heavy atom. The molecule has 0 aromatic heterocycles. The average molecular weight is 330 g/mol. The van der Waals surface area contributed by atoms with Gasteiger partial charge in [-0.25, -0.2) is 4.39 Å². The molecule has 0 fully saturated rings. The zero-order chi connectivity index (χ0) is 17.4. The van der Waals surface area contributed by atoms with Gasteiger partial charge in [0.05, 0.1) is 6.54 Å². The molecule has 4 nitrogen and oxygen atoms in total. The molecule has 0 unspecified atom stereocenters. The zero-order valence-corrected chi connectivity index (χ0v) is 14.0. The Morgan fingerprint density at radius 2 is 1.83 bits per heavy atom. The van der Waals surface area contributed by atoms with Crippen molar-refractivity contribution in [2.75, 3.05) is 25.0 Å². The van der Waals surface area contributed by atoms with E-state index in [0.29, 0.717) is 12.5 Å². The Labute approximate surface area is 142 Å². The third-order valence-corrected chi connectivity index (χ3v) is 3.52. The lowest BCUT2D eigenvalue weighted by Crippen LogP contribution is -2.31. The Kier molecular flexibility index (Phi) is 6.75. The minimum atomic E-state index is -0.388. The summed E-state index contributed by atoms with van der Waals surface area (Å²) in [6, 6.07) is 14.0. The predicted molar refractivity (Wildman–Crippen MR) is 93.9 cm³/mol. The molecule has 128 valence electrons. The van der Waals surface area contributed by atoms with Gasteiger partial charge in [0.2, 0.25) is 5.91 Å². The van der Waals surface area contributed by atoms with Gasteiger partial charge in [-0.3, -0.25) is 4.79 Å². The van der Waals surface area contributed by atoms with Crippen molar-refractivity contribution in [1.29, 1.82) is 0 Å². The Balaban J connectivity index is 1.71. The molecule has 0 spiro atoms. The van der Waals surface area contributed by atoms with Crippen LogP contribution in [0.1, 0.15) is 25.3 Å². The maximum absolute atomic E-state index is 13.4. The molecule has 0 aliphatic carbocycles. The van der Waals surface area contributed by atoms with Crippen LogP contribution in [-0.4, -0.2) is 25.6 Å². The molecule has 2 N–H and O–H groups in total. The second-order valence-electron chi connectivity index (χ2n) is 5.75. The summed E-state index contributed by atoms with van der Waals surface area (Å²) in [7, 11) is 0. The van der Waals surface area contributed by atoms with E-state index >= 15 is 0 Å². The fourth-order valence-electron chi connectivity index (χ4n) is 2.31. The molecule has 0 saturated carbocycles. The normalized spacial score (nSPS) is 10.7. The van der Waals surface area contributed by atoms with Crippen molar-refractivity contribution in [3.63, 3.8) is 0 Å². The molecule has 2 rings (SSSR count). The minimum absolute atomic E-state index is 0.117. The number of rotatable bonds is 8. The van der Waals surface area contributed by atoms with Gasteiger partial charge >= 0.3 is 0 Å². The summed E-state index contributed by atoms with van der Waals surface area (Å²) in [6.45, 7) is 5.09. The van der Waals surface area contributed by atoms with E-state index in [2.05, 4.69) is 24.5 Å². The van der Waals surface area contributed by atoms with Gasteiger partial charge in [0.15, 0.2) is 11.6 Å². The summed E-state index contributed by atoms with van der Waals surface area (Å²) in [5.41, 5.74) is 1.94. The number of carbonyl (C=O) groups excluding carboxylic acids is 1. The van der Waals surface area contributed by atoms with Gasteiger partial charge in [0.25, 0.3) is 0 Å². The lowest BCUT2D eigenvalue weighted by molar-refractivity contribution is -0.115. The van der Waals surface area contributed by atoms with Gasteiger partial charge in [-0.05, 0) is 29.7 Å². The summed E-state index contributed by atoms with van der Waals surface area (Å²) in [6.07, 6.45) is 0. The molecular weight excluding hydrogens is 307 g/mol. The topological polar surface area (TPSA) is 50.4 Å². The van der Waals surface area contributed by atoms with Gasteiger partial charge < -0.3 is 15.4 Å². The number of carbonyl (C=O) groups is 1. The van der Waals surface area contributed by atoms with Crippen LogP contribution < -0.4 is 15.4 Å². The van der Waals surface area contributed by atoms with Crippen LogP contribution in [0.3, 0.4) is 0 Å². The zero-order valence-electron chi connectivity index (χ0n) is 14.0. The largest absolute Gasteiger partial charge is 0.489 e. The van der Waals surface area contributed by atoms with Crippen molar-refractivity contribution in [3.8, 4) is 5.75 Å². The molecule has 1 amide bonds. The standard InChI is InChI=1S/C19H23FN2O2/c1-14(2)15-7-3-5-9-17(15)22-19(23)13-21-11-12-24-18-10-6-4-8-16(18)20/h3-10,14,21H,11-13H2,1-2H3,(H,22,23). The van der Waals surface area contributed by atoms with E-state index in [1.807, 2.05) is 24.3 Å². The van der Waals surface area contributed by atoms with Crippen molar-refractivity contribution < 1.29 is 13.9 Å². The lowest BCUT2D eigenvalue weighted by Gasteiger charge is -2.14. The highest BCUT2D eigenvalue weighted by Crippen LogP contribution is 2.23. The smallest absolute Gasteiger partial charge is 0.238 e. The van der Waals surface area contributed by atoms with Crippen molar-refractivity contribution in [3.05, 3.63) is 59.9 Å². The van der Waals surface area contributed by atoms with Gasteiger partial charge in [0, 0.05) is 12.2 Å². The van der Waals surface area contributed by atoms with Crippen molar-refractivity contribution in [1.82, 2.24) is 5.32 Å². The summed E-state index contributed by atoms with van der Waals surface area (Å²) in [5.74, 6) is 0.0489. The molecular formula is C19H23FN2O2. The Morgan fingerprint density at radius 3 is 2.58 bits per heavy atom. The Hall–Kier alpha value is -2.40. The van der Waals surface area contributed by atoms with Crippen LogP contribution in [0.15, 0.2) is 48.5 Å². The van der Waals surface area contributed by atoms with Crippen LogP contribution in [-0.2, 0) is 4.79 Å². The molecule has 0 radical (unpaired) electrons. The van der Waals surface area contributed by atoms with Crippen LogP contribution in [0.4, 0.5) is 10.1 Å². The van der Waals surface area contributed by atoms with Crippen LogP contribution in [0.25, 0.3) is 0 Å². The molecule has 0 heterocycles. The van der Waals surface area contributed by atoms with Gasteiger partial charge in [-0.15, -0.1) is 0 Å². The quantitative estimate of drug-likeness (QED) is 0.728. The van der Waals surface area contributed by atoms with Crippen molar-refractivity contribution >= 4 is 11.6 Å². The number of para-hydroxylation sites is 2. The lowest BCUT2D eigenvalue weighted by atomic mass is 10.0. The van der Waals surface area contributed by atoms with E-state index < -0.39 is 0 Å². The molecule has 5 heteroatoms. The molecule has 0 atom stereocenters. The first-order valence-corrected chi connectivity index (χ1v) is 8.04. The van der Waals surface area contributed by atoms with Crippen LogP contribution in [0, 0.1) is 5.82 Å². The monoisotopic (exact) mass is 330 g/mol. The SMILES string of the molecule is CC(C)c1ccccc1NC(=O)CNCCOc1ccccc1F. The number of halogens is 1. The average Bonchev–Trinajstić information content (AvgIpc) is 2.56. The molecule has 0 aliphatic rings. The van der Waals surface area contributed by atoms with E-state index in [9.17, 15) is 9.18 Å². The molecule has 2 aromatic rings. The van der Waals surface area contributed by atoms with Gasteiger partial charge in [0.1, 0.15) is 6.61 Å². The fraction of sp³-hybridized carbons (Fsp3) is 0.316. The molecule has 0 aliphatic heterocycles. The highest BCUT2D eigenvalue weighted by Gasteiger charge is 2.08. The summed E-state index contributed by atoms with van der Waals surface area (Å²) < 4.78 is 18.7. The fourth-order valence-corrected chi connectivity index (χ4v) is 2.31. The highest BCUT2D eigenvalue weighted by atomic mass is 19.1. The number of ether oxygens (including phenoxy) is 1.